The van der Waals surface area contributed by atoms with Gasteiger partial charge in [-0.2, -0.15) is 0 Å². The van der Waals surface area contributed by atoms with Gasteiger partial charge < -0.3 is 14.7 Å². The number of ether oxygens (including phenoxy) is 1. The summed E-state index contributed by atoms with van der Waals surface area (Å²) in [6, 6.07) is 7.60. The Bertz CT molecular complexity index is 581. The molecule has 1 fully saturated rings. The standard InChI is InChI=1S/C17H23BrN2O4/c1-19(11-17(22)23)14-5-3-8-20(9-7-14)16(21)12-24-15-6-2-4-13(18)10-15/h2,4,6,10,14H,3,5,7-9,11-12H2,1H3,(H,22,23). The summed E-state index contributed by atoms with van der Waals surface area (Å²) in [6.45, 7) is 1.38. The Labute approximate surface area is 150 Å². The number of likely N-dealkylation sites (tertiary alicyclic amines) is 1. The largest absolute Gasteiger partial charge is 0.484 e. The van der Waals surface area contributed by atoms with Crippen molar-refractivity contribution in [2.24, 2.45) is 0 Å². The van der Waals surface area contributed by atoms with Crippen LogP contribution in [0.2, 0.25) is 0 Å². The number of hydrogen-bond acceptors (Lipinski definition) is 4. The Morgan fingerprint density at radius 3 is 2.88 bits per heavy atom. The normalized spacial score (nSPS) is 18.3. The van der Waals surface area contributed by atoms with Crippen LogP contribution in [0, 0.1) is 0 Å². The quantitative estimate of drug-likeness (QED) is 0.795. The van der Waals surface area contributed by atoms with Crippen molar-refractivity contribution in [2.75, 3.05) is 33.3 Å². The fraction of sp³-hybridized carbons (Fsp3) is 0.529. The first-order chi connectivity index (χ1) is 11.5. The number of benzene rings is 1. The van der Waals surface area contributed by atoms with Gasteiger partial charge in [0.15, 0.2) is 6.61 Å². The smallest absolute Gasteiger partial charge is 0.317 e. The number of hydrogen-bond donors (Lipinski definition) is 1. The summed E-state index contributed by atoms with van der Waals surface area (Å²) in [4.78, 5) is 26.8. The van der Waals surface area contributed by atoms with Gasteiger partial charge in [-0.25, -0.2) is 0 Å². The van der Waals surface area contributed by atoms with Crippen LogP contribution in [-0.2, 0) is 9.59 Å². The van der Waals surface area contributed by atoms with E-state index < -0.39 is 5.97 Å². The molecular weight excluding hydrogens is 376 g/mol. The van der Waals surface area contributed by atoms with E-state index >= 15 is 0 Å². The summed E-state index contributed by atoms with van der Waals surface area (Å²) in [5, 5.41) is 8.90. The zero-order valence-electron chi connectivity index (χ0n) is 13.8. The Balaban J connectivity index is 1.82. The predicted octanol–water partition coefficient (Wildman–Crippen LogP) is 2.23. The summed E-state index contributed by atoms with van der Waals surface area (Å²) in [7, 11) is 1.83. The molecule has 2 rings (SSSR count). The van der Waals surface area contributed by atoms with E-state index in [9.17, 15) is 9.59 Å². The zero-order valence-corrected chi connectivity index (χ0v) is 15.4. The minimum atomic E-state index is -0.822. The first-order valence-corrected chi connectivity index (χ1v) is 8.83. The van der Waals surface area contributed by atoms with Crippen LogP contribution in [0.25, 0.3) is 0 Å². The van der Waals surface area contributed by atoms with E-state index in [1.807, 2.05) is 41.1 Å². The molecule has 24 heavy (non-hydrogen) atoms. The van der Waals surface area contributed by atoms with Gasteiger partial charge in [0.2, 0.25) is 0 Å². The van der Waals surface area contributed by atoms with Crippen LogP contribution in [0.1, 0.15) is 19.3 Å². The number of carboxylic acid groups (broad SMARTS) is 1. The lowest BCUT2D eigenvalue weighted by Gasteiger charge is -2.25. The van der Waals surface area contributed by atoms with Gasteiger partial charge in [0.1, 0.15) is 5.75 Å². The van der Waals surface area contributed by atoms with Crippen molar-refractivity contribution in [2.45, 2.75) is 25.3 Å². The van der Waals surface area contributed by atoms with Crippen LogP contribution in [0.4, 0.5) is 0 Å². The average molecular weight is 399 g/mol. The molecule has 6 nitrogen and oxygen atoms in total. The Kier molecular flexibility index (Phi) is 7.05. The molecule has 1 aromatic rings. The number of rotatable bonds is 6. The van der Waals surface area contributed by atoms with Crippen molar-refractivity contribution >= 4 is 27.8 Å². The van der Waals surface area contributed by atoms with Gasteiger partial charge in [-0.3, -0.25) is 14.5 Å². The molecular formula is C17H23BrN2O4. The molecule has 1 amide bonds. The van der Waals surface area contributed by atoms with Gasteiger partial charge in [-0.1, -0.05) is 22.0 Å². The molecule has 1 heterocycles. The third kappa shape index (κ3) is 5.79. The van der Waals surface area contributed by atoms with E-state index in [4.69, 9.17) is 9.84 Å². The van der Waals surface area contributed by atoms with Crippen molar-refractivity contribution < 1.29 is 19.4 Å². The van der Waals surface area contributed by atoms with Crippen LogP contribution >= 0.6 is 15.9 Å². The molecule has 0 aromatic heterocycles. The maximum Gasteiger partial charge on any atom is 0.317 e. The van der Waals surface area contributed by atoms with Gasteiger partial charge >= 0.3 is 5.97 Å². The number of nitrogens with zero attached hydrogens (tertiary/aromatic N) is 2. The lowest BCUT2D eigenvalue weighted by atomic mass is 10.1. The van der Waals surface area contributed by atoms with Gasteiger partial charge in [0.05, 0.1) is 6.54 Å². The van der Waals surface area contributed by atoms with Crippen molar-refractivity contribution in [3.05, 3.63) is 28.7 Å². The molecule has 1 aliphatic heterocycles. The number of carboxylic acids is 1. The molecule has 0 saturated carbocycles. The lowest BCUT2D eigenvalue weighted by Crippen LogP contribution is -2.38. The highest BCUT2D eigenvalue weighted by Gasteiger charge is 2.24. The van der Waals surface area contributed by atoms with E-state index in [0.29, 0.717) is 18.8 Å². The molecule has 0 radical (unpaired) electrons. The number of carbonyl (C=O) groups is 2. The van der Waals surface area contributed by atoms with Crippen LogP contribution in [0.15, 0.2) is 28.7 Å². The molecule has 7 heteroatoms. The highest BCUT2D eigenvalue weighted by molar-refractivity contribution is 9.10. The van der Waals surface area contributed by atoms with Crippen LogP contribution < -0.4 is 4.74 Å². The highest BCUT2D eigenvalue weighted by atomic mass is 79.9. The molecule has 0 spiro atoms. The fourth-order valence-electron chi connectivity index (χ4n) is 2.90. The monoisotopic (exact) mass is 398 g/mol. The summed E-state index contributed by atoms with van der Waals surface area (Å²) in [5.74, 6) is -0.194. The second-order valence-electron chi connectivity index (χ2n) is 6.02. The Morgan fingerprint density at radius 1 is 1.38 bits per heavy atom. The van der Waals surface area contributed by atoms with Crippen molar-refractivity contribution in [3.8, 4) is 5.75 Å². The molecule has 0 bridgehead atoms. The summed E-state index contributed by atoms with van der Waals surface area (Å²) >= 11 is 3.37. The molecule has 1 aromatic carbocycles. The van der Waals surface area contributed by atoms with E-state index in [2.05, 4.69) is 15.9 Å². The highest BCUT2D eigenvalue weighted by Crippen LogP contribution is 2.19. The number of halogens is 1. The van der Waals surface area contributed by atoms with Crippen LogP contribution in [0.3, 0.4) is 0 Å². The van der Waals surface area contributed by atoms with Crippen LogP contribution in [-0.4, -0.2) is 66.1 Å². The van der Waals surface area contributed by atoms with Gasteiger partial charge in [0.25, 0.3) is 5.91 Å². The van der Waals surface area contributed by atoms with Gasteiger partial charge in [0, 0.05) is 23.6 Å². The van der Waals surface area contributed by atoms with Crippen molar-refractivity contribution in [3.63, 3.8) is 0 Å². The van der Waals surface area contributed by atoms with E-state index in [-0.39, 0.29) is 25.1 Å². The van der Waals surface area contributed by atoms with Crippen LogP contribution in [0.5, 0.6) is 5.75 Å². The third-order valence-corrected chi connectivity index (χ3v) is 4.71. The number of amides is 1. The molecule has 1 N–H and O–H groups in total. The third-order valence-electron chi connectivity index (χ3n) is 4.22. The van der Waals surface area contributed by atoms with E-state index in [1.165, 1.54) is 0 Å². The number of aliphatic carboxylic acids is 1. The topological polar surface area (TPSA) is 70.1 Å². The van der Waals surface area contributed by atoms with Gasteiger partial charge in [-0.15, -0.1) is 0 Å². The molecule has 1 saturated heterocycles. The van der Waals surface area contributed by atoms with Crippen molar-refractivity contribution in [1.29, 1.82) is 0 Å². The number of carbonyl (C=O) groups excluding carboxylic acids is 1. The Morgan fingerprint density at radius 2 is 2.17 bits per heavy atom. The molecule has 0 aliphatic carbocycles. The summed E-state index contributed by atoms with van der Waals surface area (Å²) in [6.07, 6.45) is 2.56. The predicted molar refractivity (Wildman–Crippen MR) is 94.1 cm³/mol. The Hall–Kier alpha value is -1.60. The average Bonchev–Trinajstić information content (AvgIpc) is 2.78. The summed E-state index contributed by atoms with van der Waals surface area (Å²) in [5.41, 5.74) is 0. The minimum Gasteiger partial charge on any atom is -0.484 e. The minimum absolute atomic E-state index is 0.0199. The second kappa shape index (κ2) is 9.03. The SMILES string of the molecule is CN(CC(=O)O)C1CCCN(C(=O)COc2cccc(Br)c2)CC1. The molecule has 1 aliphatic rings. The molecule has 1 unspecified atom stereocenters. The van der Waals surface area contributed by atoms with Crippen molar-refractivity contribution in [1.82, 2.24) is 9.80 Å². The zero-order chi connectivity index (χ0) is 17.5. The fourth-order valence-corrected chi connectivity index (χ4v) is 3.28. The van der Waals surface area contributed by atoms with Gasteiger partial charge in [-0.05, 0) is 44.5 Å². The maximum absolute atomic E-state index is 12.3. The first-order valence-electron chi connectivity index (χ1n) is 8.04. The van der Waals surface area contributed by atoms with E-state index in [1.54, 1.807) is 0 Å². The number of likely N-dealkylation sites (N-methyl/N-ethyl adjacent to an activating group) is 1. The first kappa shape index (κ1) is 18.7. The molecule has 132 valence electrons. The second-order valence-corrected chi connectivity index (χ2v) is 6.94. The lowest BCUT2D eigenvalue weighted by molar-refractivity contribution is -0.138. The maximum atomic E-state index is 12.3. The molecule has 1 atom stereocenters. The van der Waals surface area contributed by atoms with E-state index in [0.717, 1.165) is 23.7 Å². The summed E-state index contributed by atoms with van der Waals surface area (Å²) < 4.78 is 6.47.